The van der Waals surface area contributed by atoms with E-state index in [1.807, 2.05) is 18.2 Å². The van der Waals surface area contributed by atoms with Crippen LogP contribution in [0, 0.1) is 0 Å². The molecule has 0 aromatic heterocycles. The third kappa shape index (κ3) is 6.54. The third-order valence-corrected chi connectivity index (χ3v) is 7.49. The zero-order valence-corrected chi connectivity index (χ0v) is 20.1. The topological polar surface area (TPSA) is 114 Å². The summed E-state index contributed by atoms with van der Waals surface area (Å²) in [4.78, 5) is 23.9. The fourth-order valence-electron chi connectivity index (χ4n) is 3.83. The van der Waals surface area contributed by atoms with Crippen LogP contribution in [0.1, 0.15) is 32.3 Å². The number of hydrogen-bond donors (Lipinski definition) is 3. The van der Waals surface area contributed by atoms with E-state index >= 15 is 0 Å². The van der Waals surface area contributed by atoms with E-state index < -0.39 is 22.0 Å². The van der Waals surface area contributed by atoms with E-state index in [2.05, 4.69) is 15.4 Å². The monoisotopic (exact) mass is 493 g/mol. The van der Waals surface area contributed by atoms with Gasteiger partial charge in [-0.25, -0.2) is 8.42 Å². The quantitative estimate of drug-likeness (QED) is 0.523. The minimum atomic E-state index is -3.93. The van der Waals surface area contributed by atoms with Crippen molar-refractivity contribution >= 4 is 39.1 Å². The van der Waals surface area contributed by atoms with Crippen LogP contribution in [0.25, 0.3) is 0 Å². The molecule has 0 bridgehead atoms. The van der Waals surface area contributed by atoms with Crippen molar-refractivity contribution in [2.45, 2.75) is 43.0 Å². The van der Waals surface area contributed by atoms with Gasteiger partial charge in [-0.15, -0.1) is 0 Å². The van der Waals surface area contributed by atoms with E-state index in [0.717, 1.165) is 5.56 Å². The summed E-state index contributed by atoms with van der Waals surface area (Å²) in [6.07, 6.45) is 1.43. The first-order valence-electron chi connectivity index (χ1n) is 10.6. The SMILES string of the molecule is CC(=O)Nc1ccc(S(=O)(=O)N[C@@H](C)C(=O)NCC2(c3cccc(Cl)c3)CCOCC2)cc1. The number of benzene rings is 2. The van der Waals surface area contributed by atoms with Gasteiger partial charge in [0.1, 0.15) is 0 Å². The van der Waals surface area contributed by atoms with Gasteiger partial charge in [-0.1, -0.05) is 23.7 Å². The van der Waals surface area contributed by atoms with Crippen LogP contribution in [-0.2, 0) is 29.8 Å². The van der Waals surface area contributed by atoms with Gasteiger partial charge >= 0.3 is 0 Å². The second-order valence-corrected chi connectivity index (χ2v) is 10.3. The van der Waals surface area contributed by atoms with Gasteiger partial charge in [0.15, 0.2) is 0 Å². The van der Waals surface area contributed by atoms with Gasteiger partial charge in [0.25, 0.3) is 0 Å². The van der Waals surface area contributed by atoms with Gasteiger partial charge in [-0.3, -0.25) is 9.59 Å². The lowest BCUT2D eigenvalue weighted by molar-refractivity contribution is -0.122. The predicted octanol–water partition coefficient (Wildman–Crippen LogP) is 2.83. The largest absolute Gasteiger partial charge is 0.381 e. The predicted molar refractivity (Wildman–Crippen MR) is 127 cm³/mol. The maximum atomic E-state index is 12.8. The lowest BCUT2D eigenvalue weighted by atomic mass is 9.74. The minimum Gasteiger partial charge on any atom is -0.381 e. The van der Waals surface area contributed by atoms with Crippen LogP contribution >= 0.6 is 11.6 Å². The molecule has 10 heteroatoms. The summed E-state index contributed by atoms with van der Waals surface area (Å²) in [6.45, 7) is 4.34. The molecule has 0 aliphatic carbocycles. The molecule has 2 amide bonds. The van der Waals surface area contributed by atoms with Crippen molar-refractivity contribution in [2.24, 2.45) is 0 Å². The van der Waals surface area contributed by atoms with E-state index in [1.54, 1.807) is 6.07 Å². The molecule has 0 unspecified atom stereocenters. The highest BCUT2D eigenvalue weighted by Crippen LogP contribution is 2.35. The van der Waals surface area contributed by atoms with Gasteiger partial charge in [0.2, 0.25) is 21.8 Å². The van der Waals surface area contributed by atoms with Gasteiger partial charge in [-0.05, 0) is 61.7 Å². The Bertz CT molecular complexity index is 1100. The van der Waals surface area contributed by atoms with Crippen LogP contribution in [0.15, 0.2) is 53.4 Å². The molecule has 1 heterocycles. The molecule has 0 spiro atoms. The number of halogens is 1. The van der Waals surface area contributed by atoms with Crippen molar-refractivity contribution in [1.82, 2.24) is 10.0 Å². The number of nitrogens with one attached hydrogen (secondary N) is 3. The Morgan fingerprint density at radius 2 is 1.79 bits per heavy atom. The van der Waals surface area contributed by atoms with Crippen LogP contribution in [0.3, 0.4) is 0 Å². The van der Waals surface area contributed by atoms with Gasteiger partial charge in [0, 0.05) is 42.8 Å². The molecule has 1 fully saturated rings. The lowest BCUT2D eigenvalue weighted by Gasteiger charge is -2.38. The normalized spacial score (nSPS) is 16.6. The fourth-order valence-corrected chi connectivity index (χ4v) is 5.23. The van der Waals surface area contributed by atoms with Crippen molar-refractivity contribution in [3.05, 3.63) is 59.1 Å². The number of carbonyl (C=O) groups is 2. The zero-order chi connectivity index (χ0) is 24.1. The Morgan fingerprint density at radius 3 is 2.39 bits per heavy atom. The summed E-state index contributed by atoms with van der Waals surface area (Å²) >= 11 is 6.19. The Kier molecular flexibility index (Phi) is 8.12. The number of amides is 2. The van der Waals surface area contributed by atoms with E-state index in [0.29, 0.717) is 43.3 Å². The first-order chi connectivity index (χ1) is 15.6. The molecule has 8 nitrogen and oxygen atoms in total. The first-order valence-corrected chi connectivity index (χ1v) is 12.5. The standard InChI is InChI=1S/C23H28ClN3O5S/c1-16(27-33(30,31)21-8-6-20(7-9-21)26-17(2)28)22(29)25-15-23(10-12-32-13-11-23)18-4-3-5-19(24)14-18/h3-9,14,16,27H,10-13,15H2,1-2H3,(H,25,29)(H,26,28)/t16-/m0/s1. The minimum absolute atomic E-state index is 0.00363. The molecule has 1 saturated heterocycles. The summed E-state index contributed by atoms with van der Waals surface area (Å²) in [5.74, 6) is -0.685. The highest BCUT2D eigenvalue weighted by atomic mass is 35.5. The van der Waals surface area contributed by atoms with Gasteiger partial charge in [-0.2, -0.15) is 4.72 Å². The van der Waals surface area contributed by atoms with Gasteiger partial charge in [0.05, 0.1) is 10.9 Å². The molecule has 33 heavy (non-hydrogen) atoms. The van der Waals surface area contributed by atoms with Gasteiger partial charge < -0.3 is 15.4 Å². The highest BCUT2D eigenvalue weighted by Gasteiger charge is 2.35. The molecule has 3 N–H and O–H groups in total. The number of rotatable bonds is 8. The molecule has 178 valence electrons. The van der Waals surface area contributed by atoms with Crippen LogP contribution in [0.2, 0.25) is 5.02 Å². The highest BCUT2D eigenvalue weighted by molar-refractivity contribution is 7.89. The van der Waals surface area contributed by atoms with Crippen LogP contribution in [0.4, 0.5) is 5.69 Å². The lowest BCUT2D eigenvalue weighted by Crippen LogP contribution is -2.50. The van der Waals surface area contributed by atoms with Crippen molar-refractivity contribution < 1.29 is 22.7 Å². The Balaban J connectivity index is 1.66. The second kappa shape index (κ2) is 10.6. The molecule has 1 aliphatic heterocycles. The third-order valence-electron chi connectivity index (χ3n) is 5.70. The molecule has 3 rings (SSSR count). The molecule has 1 atom stereocenters. The number of anilines is 1. The molecular formula is C23H28ClN3O5S. The number of carbonyl (C=O) groups excluding carboxylic acids is 2. The van der Waals surface area contributed by atoms with Crippen LogP contribution < -0.4 is 15.4 Å². The average Bonchev–Trinajstić information content (AvgIpc) is 2.78. The molecular weight excluding hydrogens is 466 g/mol. The Morgan fingerprint density at radius 1 is 1.12 bits per heavy atom. The van der Waals surface area contributed by atoms with Crippen LogP contribution in [-0.4, -0.2) is 46.0 Å². The average molecular weight is 494 g/mol. The maximum Gasteiger partial charge on any atom is 0.241 e. The van der Waals surface area contributed by atoms with Crippen molar-refractivity contribution in [2.75, 3.05) is 25.1 Å². The van der Waals surface area contributed by atoms with E-state index in [-0.39, 0.29) is 16.2 Å². The fraction of sp³-hybridized carbons (Fsp3) is 0.391. The van der Waals surface area contributed by atoms with Crippen molar-refractivity contribution in [1.29, 1.82) is 0 Å². The number of ether oxygens (including phenoxy) is 1. The molecule has 2 aromatic carbocycles. The second-order valence-electron chi connectivity index (χ2n) is 8.17. The van der Waals surface area contributed by atoms with Crippen molar-refractivity contribution in [3.63, 3.8) is 0 Å². The maximum absolute atomic E-state index is 12.8. The summed E-state index contributed by atoms with van der Waals surface area (Å²) < 4.78 is 33.3. The molecule has 1 aliphatic rings. The van der Waals surface area contributed by atoms with Crippen LogP contribution in [0.5, 0.6) is 0 Å². The summed E-state index contributed by atoms with van der Waals surface area (Å²) in [7, 11) is -3.93. The zero-order valence-electron chi connectivity index (χ0n) is 18.6. The van der Waals surface area contributed by atoms with E-state index in [1.165, 1.54) is 38.1 Å². The summed E-state index contributed by atoms with van der Waals surface area (Å²) in [5, 5.41) is 6.10. The van der Waals surface area contributed by atoms with Crippen molar-refractivity contribution in [3.8, 4) is 0 Å². The molecule has 0 saturated carbocycles. The Labute approximate surface area is 199 Å². The first kappa shape index (κ1) is 25.2. The smallest absolute Gasteiger partial charge is 0.241 e. The number of hydrogen-bond acceptors (Lipinski definition) is 5. The number of sulfonamides is 1. The molecule has 2 aromatic rings. The summed E-state index contributed by atoms with van der Waals surface area (Å²) in [5.41, 5.74) is 1.16. The summed E-state index contributed by atoms with van der Waals surface area (Å²) in [6, 6.07) is 12.3. The van der Waals surface area contributed by atoms with E-state index in [4.69, 9.17) is 16.3 Å². The van der Waals surface area contributed by atoms with E-state index in [9.17, 15) is 18.0 Å². The molecule has 0 radical (unpaired) electrons. The Hall–Kier alpha value is -2.46.